The van der Waals surface area contributed by atoms with Gasteiger partial charge in [0.15, 0.2) is 0 Å². The van der Waals surface area contributed by atoms with E-state index in [1.807, 2.05) is 18.2 Å². The Morgan fingerprint density at radius 2 is 1.89 bits per heavy atom. The standard InChI is InChI=1S/C16H19NO/c1-15(2)8-9-16(18,11-15)13-7-3-5-12-6-4-10-17-14(12)13/h3-7,10,18H,8-9,11H2,1-2H3. The summed E-state index contributed by atoms with van der Waals surface area (Å²) in [5, 5.41) is 12.1. The van der Waals surface area contributed by atoms with Crippen LogP contribution >= 0.6 is 0 Å². The molecule has 1 aromatic carbocycles. The van der Waals surface area contributed by atoms with Crippen LogP contribution in [-0.4, -0.2) is 10.1 Å². The molecular weight excluding hydrogens is 222 g/mol. The minimum Gasteiger partial charge on any atom is -0.385 e. The zero-order valence-corrected chi connectivity index (χ0v) is 11.0. The van der Waals surface area contributed by atoms with Gasteiger partial charge in [0.05, 0.1) is 11.1 Å². The molecule has 0 bridgehead atoms. The predicted octanol–water partition coefficient (Wildman–Crippen LogP) is 3.63. The highest BCUT2D eigenvalue weighted by molar-refractivity contribution is 5.82. The molecule has 1 atom stereocenters. The van der Waals surface area contributed by atoms with Gasteiger partial charge in [0.1, 0.15) is 0 Å². The fraction of sp³-hybridized carbons (Fsp3) is 0.438. The van der Waals surface area contributed by atoms with Crippen molar-refractivity contribution in [3.8, 4) is 0 Å². The molecule has 2 heteroatoms. The van der Waals surface area contributed by atoms with Crippen LogP contribution in [0.2, 0.25) is 0 Å². The van der Waals surface area contributed by atoms with Crippen LogP contribution in [0.1, 0.15) is 38.7 Å². The van der Waals surface area contributed by atoms with E-state index in [0.717, 1.165) is 35.7 Å². The van der Waals surface area contributed by atoms with E-state index in [-0.39, 0.29) is 5.41 Å². The van der Waals surface area contributed by atoms with Gasteiger partial charge in [-0.2, -0.15) is 0 Å². The molecule has 1 N–H and O–H groups in total. The molecule has 1 saturated carbocycles. The molecule has 0 aliphatic heterocycles. The molecule has 18 heavy (non-hydrogen) atoms. The normalized spacial score (nSPS) is 26.6. The molecule has 94 valence electrons. The molecule has 1 aromatic heterocycles. The van der Waals surface area contributed by atoms with Crippen LogP contribution in [0, 0.1) is 5.41 Å². The van der Waals surface area contributed by atoms with Crippen molar-refractivity contribution < 1.29 is 5.11 Å². The summed E-state index contributed by atoms with van der Waals surface area (Å²) in [5.74, 6) is 0. The summed E-state index contributed by atoms with van der Waals surface area (Å²) in [6.45, 7) is 4.45. The van der Waals surface area contributed by atoms with Crippen LogP contribution in [0.4, 0.5) is 0 Å². The third-order valence-corrected chi connectivity index (χ3v) is 4.12. The van der Waals surface area contributed by atoms with Gasteiger partial charge in [-0.25, -0.2) is 0 Å². The van der Waals surface area contributed by atoms with Gasteiger partial charge in [-0.1, -0.05) is 38.1 Å². The quantitative estimate of drug-likeness (QED) is 0.827. The van der Waals surface area contributed by atoms with E-state index in [9.17, 15) is 5.11 Å². The maximum Gasteiger partial charge on any atom is 0.0922 e. The Morgan fingerprint density at radius 3 is 2.61 bits per heavy atom. The highest BCUT2D eigenvalue weighted by Gasteiger charge is 2.43. The second-order valence-corrected chi connectivity index (χ2v) is 6.25. The monoisotopic (exact) mass is 241 g/mol. The molecule has 0 radical (unpaired) electrons. The number of benzene rings is 1. The number of hydrogen-bond donors (Lipinski definition) is 1. The molecular formula is C16H19NO. The Bertz CT molecular complexity index is 585. The van der Waals surface area contributed by atoms with Gasteiger partial charge in [-0.3, -0.25) is 4.98 Å². The van der Waals surface area contributed by atoms with Gasteiger partial charge in [-0.05, 0) is 30.7 Å². The second kappa shape index (κ2) is 3.79. The summed E-state index contributed by atoms with van der Waals surface area (Å²) in [4.78, 5) is 4.46. The van der Waals surface area contributed by atoms with E-state index in [1.54, 1.807) is 6.20 Å². The first kappa shape index (κ1) is 11.7. The fourth-order valence-electron chi connectivity index (χ4n) is 3.22. The fourth-order valence-corrected chi connectivity index (χ4v) is 3.22. The van der Waals surface area contributed by atoms with E-state index in [2.05, 4.69) is 31.0 Å². The Morgan fingerprint density at radius 1 is 1.11 bits per heavy atom. The van der Waals surface area contributed by atoms with Crippen LogP contribution in [0.5, 0.6) is 0 Å². The lowest BCUT2D eigenvalue weighted by molar-refractivity contribution is 0.0351. The Hall–Kier alpha value is -1.41. The zero-order valence-electron chi connectivity index (χ0n) is 11.0. The van der Waals surface area contributed by atoms with E-state index < -0.39 is 5.60 Å². The molecule has 0 saturated heterocycles. The van der Waals surface area contributed by atoms with Crippen molar-refractivity contribution in [2.45, 2.75) is 38.7 Å². The predicted molar refractivity (Wildman–Crippen MR) is 73.3 cm³/mol. The molecule has 3 rings (SSSR count). The van der Waals surface area contributed by atoms with Crippen molar-refractivity contribution >= 4 is 10.9 Å². The third-order valence-electron chi connectivity index (χ3n) is 4.12. The molecule has 2 aromatic rings. The summed E-state index contributed by atoms with van der Waals surface area (Å²) >= 11 is 0. The summed E-state index contributed by atoms with van der Waals surface area (Å²) in [7, 11) is 0. The van der Waals surface area contributed by atoms with Crippen LogP contribution in [0.25, 0.3) is 10.9 Å². The molecule has 1 aliphatic carbocycles. The van der Waals surface area contributed by atoms with E-state index in [0.29, 0.717) is 0 Å². The van der Waals surface area contributed by atoms with E-state index in [1.165, 1.54) is 0 Å². The number of hydrogen-bond acceptors (Lipinski definition) is 2. The Kier molecular flexibility index (Phi) is 2.46. The Balaban J connectivity index is 2.15. The molecule has 1 heterocycles. The molecule has 0 spiro atoms. The molecule has 0 amide bonds. The van der Waals surface area contributed by atoms with E-state index >= 15 is 0 Å². The minimum absolute atomic E-state index is 0.214. The van der Waals surface area contributed by atoms with Crippen molar-refractivity contribution in [3.63, 3.8) is 0 Å². The number of aliphatic hydroxyl groups is 1. The SMILES string of the molecule is CC1(C)CCC(O)(c2cccc3cccnc23)C1. The van der Waals surface area contributed by atoms with Crippen molar-refractivity contribution in [3.05, 3.63) is 42.1 Å². The smallest absolute Gasteiger partial charge is 0.0922 e. The summed E-state index contributed by atoms with van der Waals surface area (Å²) in [6, 6.07) is 10.1. The minimum atomic E-state index is -0.711. The van der Waals surface area contributed by atoms with Crippen LogP contribution < -0.4 is 0 Å². The summed E-state index contributed by atoms with van der Waals surface area (Å²) < 4.78 is 0. The molecule has 2 nitrogen and oxygen atoms in total. The van der Waals surface area contributed by atoms with Gasteiger partial charge in [0, 0.05) is 17.1 Å². The van der Waals surface area contributed by atoms with E-state index in [4.69, 9.17) is 0 Å². The second-order valence-electron chi connectivity index (χ2n) is 6.25. The highest BCUT2D eigenvalue weighted by Crippen LogP contribution is 2.49. The number of pyridine rings is 1. The first-order valence-electron chi connectivity index (χ1n) is 6.57. The maximum atomic E-state index is 11.0. The first-order valence-corrected chi connectivity index (χ1v) is 6.57. The number of para-hydroxylation sites is 1. The number of aromatic nitrogens is 1. The molecule has 1 aliphatic rings. The third kappa shape index (κ3) is 1.81. The van der Waals surface area contributed by atoms with Crippen molar-refractivity contribution in [1.82, 2.24) is 4.98 Å². The van der Waals surface area contributed by atoms with Crippen LogP contribution in [0.15, 0.2) is 36.5 Å². The van der Waals surface area contributed by atoms with Crippen molar-refractivity contribution in [1.29, 1.82) is 0 Å². The largest absolute Gasteiger partial charge is 0.385 e. The number of nitrogens with zero attached hydrogens (tertiary/aromatic N) is 1. The van der Waals surface area contributed by atoms with Crippen molar-refractivity contribution in [2.75, 3.05) is 0 Å². The Labute approximate surface area is 108 Å². The van der Waals surface area contributed by atoms with Gasteiger partial charge >= 0.3 is 0 Å². The van der Waals surface area contributed by atoms with Crippen LogP contribution in [0.3, 0.4) is 0 Å². The lowest BCUT2D eigenvalue weighted by atomic mass is 9.85. The molecule has 1 unspecified atom stereocenters. The lowest BCUT2D eigenvalue weighted by Crippen LogP contribution is -2.24. The maximum absolute atomic E-state index is 11.0. The highest BCUT2D eigenvalue weighted by atomic mass is 16.3. The summed E-state index contributed by atoms with van der Waals surface area (Å²) in [6.07, 6.45) is 4.51. The van der Waals surface area contributed by atoms with Crippen molar-refractivity contribution in [2.24, 2.45) is 5.41 Å². The van der Waals surface area contributed by atoms with Gasteiger partial charge in [-0.15, -0.1) is 0 Å². The number of rotatable bonds is 1. The first-order chi connectivity index (χ1) is 8.50. The summed E-state index contributed by atoms with van der Waals surface area (Å²) in [5.41, 5.74) is 1.44. The zero-order chi connectivity index (χ0) is 12.8. The number of fused-ring (bicyclic) bond motifs is 1. The van der Waals surface area contributed by atoms with Crippen LogP contribution in [-0.2, 0) is 5.60 Å². The van der Waals surface area contributed by atoms with Gasteiger partial charge < -0.3 is 5.11 Å². The topological polar surface area (TPSA) is 33.1 Å². The average Bonchev–Trinajstić information content (AvgIpc) is 2.64. The van der Waals surface area contributed by atoms with Gasteiger partial charge in [0.2, 0.25) is 0 Å². The van der Waals surface area contributed by atoms with Gasteiger partial charge in [0.25, 0.3) is 0 Å². The molecule has 1 fully saturated rings. The average molecular weight is 241 g/mol. The lowest BCUT2D eigenvalue weighted by Gasteiger charge is -2.26.